The fourth-order valence-electron chi connectivity index (χ4n) is 4.88. The van der Waals surface area contributed by atoms with Crippen LogP contribution in [0.25, 0.3) is 0 Å². The number of nitrogens with one attached hydrogen (secondary N) is 2. The number of halogens is 2. The third-order valence-electron chi connectivity index (χ3n) is 7.44. The predicted octanol–water partition coefficient (Wildman–Crippen LogP) is 7.05. The zero-order valence-corrected chi connectivity index (χ0v) is 27.5. The first-order valence-electron chi connectivity index (χ1n) is 15.0. The highest BCUT2D eigenvalue weighted by Crippen LogP contribution is 2.26. The number of carbonyl (C=O) groups is 2. The van der Waals surface area contributed by atoms with Gasteiger partial charge in [-0.15, -0.1) is 0 Å². The summed E-state index contributed by atoms with van der Waals surface area (Å²) in [6, 6.07) is 33.3. The summed E-state index contributed by atoms with van der Waals surface area (Å²) in [7, 11) is -3.96. The minimum absolute atomic E-state index is 0.0516. The van der Waals surface area contributed by atoms with Crippen LogP contribution in [0.1, 0.15) is 28.3 Å². The van der Waals surface area contributed by atoms with Gasteiger partial charge in [-0.3, -0.25) is 14.3 Å². The van der Waals surface area contributed by atoms with Gasteiger partial charge in [-0.1, -0.05) is 83.9 Å². The molecule has 5 aromatic carbocycles. The van der Waals surface area contributed by atoms with Crippen molar-refractivity contribution in [3.8, 4) is 5.75 Å². The lowest BCUT2D eigenvalue weighted by atomic mass is 10.0. The summed E-state index contributed by atoms with van der Waals surface area (Å²) in [6.45, 7) is 1.91. The Balaban J connectivity index is 1.35. The largest absolute Gasteiger partial charge is 0.484 e. The maximum absolute atomic E-state index is 13.9. The van der Waals surface area contributed by atoms with Crippen LogP contribution in [0.4, 0.5) is 10.1 Å². The topological polar surface area (TPSA) is 105 Å². The second kappa shape index (κ2) is 15.6. The molecular weight excluding hydrogens is 653 g/mol. The van der Waals surface area contributed by atoms with Gasteiger partial charge in [-0.25, -0.2) is 12.8 Å². The summed E-state index contributed by atoms with van der Waals surface area (Å²) >= 11 is 6.11. The van der Waals surface area contributed by atoms with E-state index < -0.39 is 34.4 Å². The van der Waals surface area contributed by atoms with Gasteiger partial charge in [0.25, 0.3) is 15.9 Å². The quantitative estimate of drug-likeness (QED) is 0.138. The maximum atomic E-state index is 13.9. The first kappa shape index (κ1) is 34.2. The van der Waals surface area contributed by atoms with E-state index >= 15 is 0 Å². The molecule has 0 spiro atoms. The molecule has 5 aromatic rings. The molecule has 0 bridgehead atoms. The monoisotopic (exact) mass is 685 g/mol. The second-order valence-electron chi connectivity index (χ2n) is 11.0. The van der Waals surface area contributed by atoms with Gasteiger partial charge in [0.15, 0.2) is 6.61 Å². The maximum Gasteiger partial charge on any atom is 0.261 e. The summed E-state index contributed by atoms with van der Waals surface area (Å²) in [4.78, 5) is 29.2. The van der Waals surface area contributed by atoms with Crippen molar-refractivity contribution in [3.63, 3.8) is 0 Å². The van der Waals surface area contributed by atoms with Crippen molar-refractivity contribution in [1.29, 1.82) is 0 Å². The molecule has 0 aliphatic heterocycles. The summed E-state index contributed by atoms with van der Waals surface area (Å²) in [5, 5.41) is 3.52. The normalized spacial score (nSPS) is 11.7. The number of nitrogens with zero attached hydrogens (tertiary/aromatic N) is 1. The Hall–Kier alpha value is -5.19. The smallest absolute Gasteiger partial charge is 0.261 e. The van der Waals surface area contributed by atoms with E-state index in [2.05, 4.69) is 10.0 Å². The molecule has 0 saturated carbocycles. The fraction of sp³-hybridized carbons (Fsp3) is 0.135. The van der Waals surface area contributed by atoms with Gasteiger partial charge in [0.05, 0.1) is 4.90 Å². The number of ether oxygens (including phenoxy) is 1. The second-order valence-corrected chi connectivity index (χ2v) is 13.2. The van der Waals surface area contributed by atoms with Crippen molar-refractivity contribution in [2.45, 2.75) is 31.0 Å². The summed E-state index contributed by atoms with van der Waals surface area (Å²) in [6.07, 6.45) is 0. The Bertz CT molecular complexity index is 1940. The molecule has 246 valence electrons. The first-order valence-corrected chi connectivity index (χ1v) is 16.9. The van der Waals surface area contributed by atoms with Crippen LogP contribution in [0, 0.1) is 12.7 Å². The van der Waals surface area contributed by atoms with E-state index in [-0.39, 0.29) is 35.3 Å². The molecule has 0 fully saturated rings. The molecule has 2 N–H and O–H groups in total. The Kier molecular flexibility index (Phi) is 11.1. The SMILES string of the molecule is Cc1ccc(CNC(=O)[C@H](c2ccccc2)N(Cc2ccc(Cl)cc2)C(=O)COc2ccc(S(=O)(=O)Nc3ccc(F)cc3)cc2)cc1. The number of hydrogen-bond acceptors (Lipinski definition) is 5. The molecule has 0 heterocycles. The lowest BCUT2D eigenvalue weighted by molar-refractivity contribution is -0.143. The molecule has 0 aliphatic carbocycles. The van der Waals surface area contributed by atoms with E-state index in [4.69, 9.17) is 16.3 Å². The van der Waals surface area contributed by atoms with Gasteiger partial charge >= 0.3 is 0 Å². The predicted molar refractivity (Wildman–Crippen MR) is 183 cm³/mol. The minimum atomic E-state index is -3.96. The van der Waals surface area contributed by atoms with Crippen LogP contribution in [0.15, 0.2) is 132 Å². The lowest BCUT2D eigenvalue weighted by Crippen LogP contribution is -2.45. The van der Waals surface area contributed by atoms with Crippen LogP contribution < -0.4 is 14.8 Å². The van der Waals surface area contributed by atoms with E-state index in [0.717, 1.165) is 28.8 Å². The van der Waals surface area contributed by atoms with Gasteiger partial charge in [-0.05, 0) is 84.3 Å². The van der Waals surface area contributed by atoms with Crippen molar-refractivity contribution >= 4 is 39.1 Å². The van der Waals surface area contributed by atoms with Gasteiger partial charge in [0.2, 0.25) is 5.91 Å². The number of hydrogen-bond donors (Lipinski definition) is 2. The molecule has 11 heteroatoms. The van der Waals surface area contributed by atoms with Crippen LogP contribution in [0.2, 0.25) is 5.02 Å². The molecular formula is C37H33ClFN3O5S. The Morgan fingerprint density at radius 2 is 1.44 bits per heavy atom. The van der Waals surface area contributed by atoms with E-state index in [1.54, 1.807) is 48.5 Å². The fourth-order valence-corrected chi connectivity index (χ4v) is 6.07. The molecule has 0 saturated heterocycles. The number of anilines is 1. The lowest BCUT2D eigenvalue weighted by Gasteiger charge is -2.31. The zero-order chi connectivity index (χ0) is 34.1. The summed E-state index contributed by atoms with van der Waals surface area (Å²) in [5.41, 5.74) is 3.59. The highest BCUT2D eigenvalue weighted by atomic mass is 35.5. The Morgan fingerprint density at radius 3 is 2.08 bits per heavy atom. The van der Waals surface area contributed by atoms with Gasteiger partial charge in [-0.2, -0.15) is 0 Å². The number of amides is 2. The highest BCUT2D eigenvalue weighted by molar-refractivity contribution is 7.92. The third-order valence-corrected chi connectivity index (χ3v) is 9.09. The summed E-state index contributed by atoms with van der Waals surface area (Å²) < 4.78 is 47.1. The van der Waals surface area contributed by atoms with E-state index in [1.165, 1.54) is 41.3 Å². The van der Waals surface area contributed by atoms with Crippen molar-refractivity contribution in [1.82, 2.24) is 10.2 Å². The van der Waals surface area contributed by atoms with Crippen molar-refractivity contribution in [2.75, 3.05) is 11.3 Å². The molecule has 48 heavy (non-hydrogen) atoms. The molecule has 8 nitrogen and oxygen atoms in total. The van der Waals surface area contributed by atoms with Gasteiger partial charge in [0.1, 0.15) is 17.6 Å². The number of carbonyl (C=O) groups excluding carboxylic acids is 2. The average molecular weight is 686 g/mol. The van der Waals surface area contributed by atoms with E-state index in [9.17, 15) is 22.4 Å². The first-order chi connectivity index (χ1) is 23.1. The number of sulfonamides is 1. The molecule has 1 atom stereocenters. The van der Waals surface area contributed by atoms with Crippen molar-refractivity contribution in [2.24, 2.45) is 0 Å². The van der Waals surface area contributed by atoms with Gasteiger partial charge in [0, 0.05) is 23.8 Å². The van der Waals surface area contributed by atoms with Crippen LogP contribution >= 0.6 is 11.6 Å². The highest BCUT2D eigenvalue weighted by Gasteiger charge is 2.32. The van der Waals surface area contributed by atoms with Crippen LogP contribution in [0.3, 0.4) is 0 Å². The minimum Gasteiger partial charge on any atom is -0.484 e. The standard InChI is InChI=1S/C37H33ClFN3O5S/c1-26-7-9-27(10-8-26)23-40-37(44)36(29-5-3-2-4-6-29)42(24-28-11-13-30(38)14-12-28)35(43)25-47-33-19-21-34(22-20-33)48(45,46)41-32-17-15-31(39)16-18-32/h2-22,36,41H,23-25H2,1H3,(H,40,44)/t36-/m0/s1. The Morgan fingerprint density at radius 1 is 0.812 bits per heavy atom. The van der Waals surface area contributed by atoms with Crippen LogP contribution in [-0.4, -0.2) is 31.7 Å². The summed E-state index contributed by atoms with van der Waals surface area (Å²) in [5.74, 6) is -1.08. The molecule has 0 unspecified atom stereocenters. The molecule has 2 amide bonds. The Labute approximate surface area is 284 Å². The average Bonchev–Trinajstić information content (AvgIpc) is 3.09. The van der Waals surface area contributed by atoms with Gasteiger partial charge < -0.3 is 15.0 Å². The number of benzene rings is 5. The molecule has 0 aliphatic rings. The third kappa shape index (κ3) is 9.21. The van der Waals surface area contributed by atoms with Crippen LogP contribution in [-0.2, 0) is 32.7 Å². The molecule has 0 aromatic heterocycles. The number of rotatable bonds is 13. The number of aryl methyl sites for hydroxylation is 1. The van der Waals surface area contributed by atoms with E-state index in [1.807, 2.05) is 37.3 Å². The van der Waals surface area contributed by atoms with Crippen LogP contribution in [0.5, 0.6) is 5.75 Å². The molecule has 0 radical (unpaired) electrons. The van der Waals surface area contributed by atoms with Crippen molar-refractivity contribution < 1.29 is 27.1 Å². The van der Waals surface area contributed by atoms with Crippen molar-refractivity contribution in [3.05, 3.63) is 160 Å². The zero-order valence-electron chi connectivity index (χ0n) is 26.0. The van der Waals surface area contributed by atoms with E-state index in [0.29, 0.717) is 10.6 Å². The molecule has 5 rings (SSSR count).